The average molecular weight is 367 g/mol. The highest BCUT2D eigenvalue weighted by Gasteiger charge is 2.17. The third kappa shape index (κ3) is 5.51. The van der Waals surface area contributed by atoms with Gasteiger partial charge in [0.15, 0.2) is 0 Å². The molecule has 0 aliphatic carbocycles. The van der Waals surface area contributed by atoms with Crippen LogP contribution in [0.2, 0.25) is 0 Å². The highest BCUT2D eigenvalue weighted by atomic mass is 35.5. The monoisotopic (exact) mass is 366 g/mol. The molecule has 2 aromatic heterocycles. The standard InChI is InChI=1S/C17H26N6O.ClH/c1-10(18)6-7-19-16(24)9-15-13(4)22-23(14(15)5)17-20-11(2)8-12(3)21-17;/h8,10H,6-7,9,18H2,1-5H3,(H,19,24);1H. The van der Waals surface area contributed by atoms with E-state index in [9.17, 15) is 4.79 Å². The molecule has 7 nitrogen and oxygen atoms in total. The Morgan fingerprint density at radius 1 is 1.24 bits per heavy atom. The van der Waals surface area contributed by atoms with E-state index in [1.807, 2.05) is 40.7 Å². The van der Waals surface area contributed by atoms with Crippen molar-refractivity contribution in [2.24, 2.45) is 5.73 Å². The summed E-state index contributed by atoms with van der Waals surface area (Å²) in [6.45, 7) is 10.2. The van der Waals surface area contributed by atoms with Crippen LogP contribution in [0.1, 0.15) is 41.7 Å². The van der Waals surface area contributed by atoms with Crippen LogP contribution in [-0.4, -0.2) is 38.2 Å². The van der Waals surface area contributed by atoms with Crippen molar-refractivity contribution in [3.8, 4) is 5.95 Å². The molecule has 2 heterocycles. The van der Waals surface area contributed by atoms with Gasteiger partial charge in [-0.1, -0.05) is 0 Å². The van der Waals surface area contributed by atoms with Crippen LogP contribution in [0.4, 0.5) is 0 Å². The fraction of sp³-hybridized carbons (Fsp3) is 0.529. The van der Waals surface area contributed by atoms with Crippen molar-refractivity contribution in [3.63, 3.8) is 0 Å². The first-order valence-corrected chi connectivity index (χ1v) is 8.18. The number of rotatable bonds is 6. The van der Waals surface area contributed by atoms with Crippen LogP contribution < -0.4 is 11.1 Å². The molecular weight excluding hydrogens is 340 g/mol. The fourth-order valence-electron chi connectivity index (χ4n) is 2.59. The lowest BCUT2D eigenvalue weighted by Crippen LogP contribution is -2.30. The molecule has 0 aromatic carbocycles. The second-order valence-electron chi connectivity index (χ2n) is 6.30. The van der Waals surface area contributed by atoms with Crippen molar-refractivity contribution in [1.82, 2.24) is 25.1 Å². The molecule has 0 saturated carbocycles. The van der Waals surface area contributed by atoms with Gasteiger partial charge in [0.2, 0.25) is 5.91 Å². The summed E-state index contributed by atoms with van der Waals surface area (Å²) in [5.41, 5.74) is 10.1. The van der Waals surface area contributed by atoms with Gasteiger partial charge in [-0.2, -0.15) is 5.10 Å². The molecule has 0 spiro atoms. The molecule has 0 aliphatic rings. The van der Waals surface area contributed by atoms with Crippen LogP contribution >= 0.6 is 12.4 Å². The van der Waals surface area contributed by atoms with Crippen LogP contribution in [0, 0.1) is 27.7 Å². The van der Waals surface area contributed by atoms with Crippen molar-refractivity contribution in [2.75, 3.05) is 6.54 Å². The normalized spacial score (nSPS) is 11.8. The van der Waals surface area contributed by atoms with Gasteiger partial charge in [0.05, 0.1) is 12.1 Å². The van der Waals surface area contributed by atoms with E-state index in [0.29, 0.717) is 18.9 Å². The zero-order chi connectivity index (χ0) is 17.9. The van der Waals surface area contributed by atoms with Crippen LogP contribution in [-0.2, 0) is 11.2 Å². The quantitative estimate of drug-likeness (QED) is 0.810. The van der Waals surface area contributed by atoms with Crippen molar-refractivity contribution in [1.29, 1.82) is 0 Å². The molecule has 0 bridgehead atoms. The number of hydrogen-bond acceptors (Lipinski definition) is 5. The van der Waals surface area contributed by atoms with Gasteiger partial charge < -0.3 is 11.1 Å². The smallest absolute Gasteiger partial charge is 0.251 e. The fourth-order valence-corrected chi connectivity index (χ4v) is 2.59. The Hall–Kier alpha value is -1.99. The van der Waals surface area contributed by atoms with Crippen LogP contribution in [0.5, 0.6) is 0 Å². The maximum atomic E-state index is 12.1. The van der Waals surface area contributed by atoms with Crippen molar-refractivity contribution >= 4 is 18.3 Å². The Morgan fingerprint density at radius 2 is 1.84 bits per heavy atom. The summed E-state index contributed by atoms with van der Waals surface area (Å²) in [4.78, 5) is 21.0. The molecule has 0 aliphatic heterocycles. The van der Waals surface area contributed by atoms with E-state index in [0.717, 1.165) is 34.8 Å². The van der Waals surface area contributed by atoms with Crippen LogP contribution in [0.15, 0.2) is 6.07 Å². The van der Waals surface area contributed by atoms with Gasteiger partial charge in [0.1, 0.15) is 0 Å². The zero-order valence-corrected chi connectivity index (χ0v) is 16.3. The van der Waals surface area contributed by atoms with E-state index >= 15 is 0 Å². The van der Waals surface area contributed by atoms with Crippen molar-refractivity contribution in [3.05, 3.63) is 34.4 Å². The van der Waals surface area contributed by atoms with Gasteiger partial charge in [0.25, 0.3) is 5.95 Å². The summed E-state index contributed by atoms with van der Waals surface area (Å²) in [6, 6.07) is 2.00. The number of nitrogens with zero attached hydrogens (tertiary/aromatic N) is 4. The lowest BCUT2D eigenvalue weighted by Gasteiger charge is -2.08. The van der Waals surface area contributed by atoms with Gasteiger partial charge in [-0.25, -0.2) is 14.6 Å². The average Bonchev–Trinajstić information content (AvgIpc) is 2.74. The number of nitrogens with one attached hydrogen (secondary N) is 1. The van der Waals surface area contributed by atoms with E-state index in [1.165, 1.54) is 0 Å². The third-order valence-electron chi connectivity index (χ3n) is 3.86. The minimum atomic E-state index is -0.0252. The molecule has 1 atom stereocenters. The predicted octanol–water partition coefficient (Wildman–Crippen LogP) is 1.71. The number of aryl methyl sites for hydroxylation is 3. The van der Waals surface area contributed by atoms with Crippen LogP contribution in [0.3, 0.4) is 0 Å². The molecule has 0 fully saturated rings. The Morgan fingerprint density at radius 3 is 2.40 bits per heavy atom. The molecule has 0 radical (unpaired) electrons. The van der Waals surface area contributed by atoms with Gasteiger partial charge in [0, 0.05) is 35.2 Å². The second kappa shape index (κ2) is 8.92. The molecule has 3 N–H and O–H groups in total. The van der Waals surface area contributed by atoms with E-state index in [1.54, 1.807) is 4.68 Å². The molecule has 2 rings (SSSR count). The predicted molar refractivity (Wildman–Crippen MR) is 100 cm³/mol. The number of nitrogens with two attached hydrogens (primary N) is 1. The van der Waals surface area contributed by atoms with Crippen LogP contribution in [0.25, 0.3) is 5.95 Å². The topological polar surface area (TPSA) is 98.7 Å². The lowest BCUT2D eigenvalue weighted by atomic mass is 10.1. The summed E-state index contributed by atoms with van der Waals surface area (Å²) in [5, 5.41) is 7.41. The highest BCUT2D eigenvalue weighted by Crippen LogP contribution is 2.17. The second-order valence-corrected chi connectivity index (χ2v) is 6.30. The number of amides is 1. The summed E-state index contributed by atoms with van der Waals surface area (Å²) in [7, 11) is 0. The Labute approximate surface area is 154 Å². The number of carbonyl (C=O) groups excluding carboxylic acids is 1. The zero-order valence-electron chi connectivity index (χ0n) is 15.5. The Balaban J connectivity index is 0.00000312. The SMILES string of the molecule is Cc1cc(C)nc(-n2nc(C)c(CC(=O)NCCC(C)N)c2C)n1.Cl. The van der Waals surface area contributed by atoms with E-state index < -0.39 is 0 Å². The molecule has 25 heavy (non-hydrogen) atoms. The number of carbonyl (C=O) groups is 1. The summed E-state index contributed by atoms with van der Waals surface area (Å²) < 4.78 is 1.71. The first kappa shape index (κ1) is 21.1. The minimum absolute atomic E-state index is 0. The Kier molecular flexibility index (Phi) is 7.51. The maximum Gasteiger partial charge on any atom is 0.251 e. The lowest BCUT2D eigenvalue weighted by molar-refractivity contribution is -0.120. The van der Waals surface area contributed by atoms with Gasteiger partial charge in [-0.05, 0) is 47.1 Å². The molecule has 138 valence electrons. The Bertz CT molecular complexity index is 721. The van der Waals surface area contributed by atoms with Crippen molar-refractivity contribution < 1.29 is 4.79 Å². The molecule has 8 heteroatoms. The highest BCUT2D eigenvalue weighted by molar-refractivity contribution is 5.85. The molecular formula is C17H27ClN6O. The first-order valence-electron chi connectivity index (χ1n) is 8.18. The number of hydrogen-bond donors (Lipinski definition) is 2. The van der Waals surface area contributed by atoms with E-state index in [-0.39, 0.29) is 24.4 Å². The van der Waals surface area contributed by atoms with E-state index in [2.05, 4.69) is 20.4 Å². The molecule has 2 aromatic rings. The maximum absolute atomic E-state index is 12.1. The van der Waals surface area contributed by atoms with Gasteiger partial charge >= 0.3 is 0 Å². The minimum Gasteiger partial charge on any atom is -0.356 e. The molecule has 1 unspecified atom stereocenters. The van der Waals surface area contributed by atoms with E-state index in [4.69, 9.17) is 5.73 Å². The number of aromatic nitrogens is 4. The molecule has 1 amide bonds. The van der Waals surface area contributed by atoms with Gasteiger partial charge in [-0.15, -0.1) is 12.4 Å². The number of halogens is 1. The summed E-state index contributed by atoms with van der Waals surface area (Å²) in [5.74, 6) is 0.513. The third-order valence-corrected chi connectivity index (χ3v) is 3.86. The van der Waals surface area contributed by atoms with Gasteiger partial charge in [-0.3, -0.25) is 4.79 Å². The van der Waals surface area contributed by atoms with Crippen molar-refractivity contribution in [2.45, 2.75) is 53.5 Å². The summed E-state index contributed by atoms with van der Waals surface area (Å²) in [6.07, 6.45) is 1.06. The summed E-state index contributed by atoms with van der Waals surface area (Å²) >= 11 is 0. The largest absolute Gasteiger partial charge is 0.356 e. The first-order chi connectivity index (χ1) is 11.3. The molecule has 0 saturated heterocycles.